The van der Waals surface area contributed by atoms with Crippen LogP contribution in [0.15, 0.2) is 24.8 Å². The molecule has 1 aromatic carbocycles. The van der Waals surface area contributed by atoms with Gasteiger partial charge in [0.25, 0.3) is 0 Å². The number of alkyl halides is 6. The molecule has 1 heterocycles. The first-order valence-electron chi connectivity index (χ1n) is 7.59. The molecule has 1 N–H and O–H groups in total. The lowest BCUT2D eigenvalue weighted by Gasteiger charge is -2.36. The first-order valence-corrected chi connectivity index (χ1v) is 7.59. The Morgan fingerprint density at radius 3 is 2.04 bits per heavy atom. The van der Waals surface area contributed by atoms with Gasteiger partial charge in [-0.1, -0.05) is 6.08 Å². The summed E-state index contributed by atoms with van der Waals surface area (Å²) in [6, 6.07) is -0.918. The Morgan fingerprint density at radius 1 is 1.04 bits per heavy atom. The van der Waals surface area contributed by atoms with Gasteiger partial charge in [0.1, 0.15) is 5.82 Å². The zero-order chi connectivity index (χ0) is 18.8. The molecule has 0 amide bonds. The van der Waals surface area contributed by atoms with E-state index < -0.39 is 40.9 Å². The Morgan fingerprint density at radius 2 is 1.59 bits per heavy atom. The first-order chi connectivity index (χ1) is 11.6. The van der Waals surface area contributed by atoms with Crippen molar-refractivity contribution in [1.82, 2.24) is 10.2 Å². The van der Waals surface area contributed by atoms with Crippen LogP contribution in [0, 0.1) is 5.82 Å². The van der Waals surface area contributed by atoms with Crippen LogP contribution in [0.5, 0.6) is 0 Å². The fourth-order valence-electron chi connectivity index (χ4n) is 2.96. The molecular formula is C16H19Cl2F7N2. The molecule has 0 unspecified atom stereocenters. The highest BCUT2D eigenvalue weighted by molar-refractivity contribution is 5.85. The molecule has 0 bridgehead atoms. The monoisotopic (exact) mass is 442 g/mol. The molecule has 0 aliphatic carbocycles. The van der Waals surface area contributed by atoms with E-state index in [1.54, 1.807) is 4.90 Å². The van der Waals surface area contributed by atoms with Crippen molar-refractivity contribution >= 4 is 24.8 Å². The van der Waals surface area contributed by atoms with Crippen LogP contribution in [0.1, 0.15) is 29.2 Å². The van der Waals surface area contributed by atoms with Crippen LogP contribution < -0.4 is 5.32 Å². The highest BCUT2D eigenvalue weighted by Gasteiger charge is 2.42. The van der Waals surface area contributed by atoms with Crippen LogP contribution in [0.2, 0.25) is 0 Å². The maximum absolute atomic E-state index is 14.4. The molecule has 2 nitrogen and oxygen atoms in total. The van der Waals surface area contributed by atoms with Gasteiger partial charge in [-0.25, -0.2) is 4.39 Å². The van der Waals surface area contributed by atoms with Crippen molar-refractivity contribution in [3.8, 4) is 0 Å². The minimum Gasteiger partial charge on any atom is -0.314 e. The summed E-state index contributed by atoms with van der Waals surface area (Å²) in [5, 5.41) is 3.02. The maximum Gasteiger partial charge on any atom is 0.416 e. The summed E-state index contributed by atoms with van der Waals surface area (Å²) in [5.41, 5.74) is -4.01. The normalized spacial score (nSPS) is 16.9. The van der Waals surface area contributed by atoms with Crippen LogP contribution >= 0.6 is 24.8 Å². The maximum atomic E-state index is 14.4. The summed E-state index contributed by atoms with van der Waals surface area (Å²) in [6.07, 6.45) is -8.84. The molecule has 11 heteroatoms. The van der Waals surface area contributed by atoms with E-state index in [1.807, 2.05) is 0 Å². The largest absolute Gasteiger partial charge is 0.416 e. The Balaban J connectivity index is 0.00000338. The fraction of sp³-hybridized carbons (Fsp3) is 0.500. The molecule has 1 saturated heterocycles. The van der Waals surface area contributed by atoms with Crippen LogP contribution in [0.25, 0.3) is 0 Å². The van der Waals surface area contributed by atoms with Crippen LogP contribution in [0.3, 0.4) is 0 Å². The number of piperazine rings is 1. The highest BCUT2D eigenvalue weighted by atomic mass is 35.5. The lowest BCUT2D eigenvalue weighted by Crippen LogP contribution is -2.45. The molecule has 0 aromatic heterocycles. The molecule has 27 heavy (non-hydrogen) atoms. The number of halogens is 9. The van der Waals surface area contributed by atoms with Gasteiger partial charge < -0.3 is 5.32 Å². The van der Waals surface area contributed by atoms with Crippen LogP contribution in [-0.2, 0) is 12.4 Å². The van der Waals surface area contributed by atoms with Crippen LogP contribution in [0.4, 0.5) is 30.7 Å². The number of rotatable bonds is 4. The van der Waals surface area contributed by atoms with Gasteiger partial charge in [0.05, 0.1) is 11.1 Å². The van der Waals surface area contributed by atoms with E-state index >= 15 is 0 Å². The summed E-state index contributed by atoms with van der Waals surface area (Å²) < 4.78 is 93.0. The second-order valence-corrected chi connectivity index (χ2v) is 5.74. The van der Waals surface area contributed by atoms with Crippen molar-refractivity contribution in [3.63, 3.8) is 0 Å². The Kier molecular flexibility index (Phi) is 9.57. The fourth-order valence-corrected chi connectivity index (χ4v) is 2.96. The molecular weight excluding hydrogens is 424 g/mol. The Bertz CT molecular complexity index is 626. The molecule has 1 aliphatic heterocycles. The predicted octanol–water partition coefficient (Wildman–Crippen LogP) is 5.23. The van der Waals surface area contributed by atoms with E-state index in [2.05, 4.69) is 11.9 Å². The molecule has 0 spiro atoms. The lowest BCUT2D eigenvalue weighted by atomic mass is 9.93. The first kappa shape index (κ1) is 26.0. The lowest BCUT2D eigenvalue weighted by molar-refractivity contribution is -0.144. The van der Waals surface area contributed by atoms with Crippen molar-refractivity contribution in [2.75, 3.05) is 26.2 Å². The van der Waals surface area contributed by atoms with Gasteiger partial charge in [0.2, 0.25) is 0 Å². The van der Waals surface area contributed by atoms with Crippen molar-refractivity contribution in [2.45, 2.75) is 24.8 Å². The third-order valence-corrected chi connectivity index (χ3v) is 4.08. The highest BCUT2D eigenvalue weighted by Crippen LogP contribution is 2.42. The topological polar surface area (TPSA) is 15.3 Å². The molecule has 156 valence electrons. The van der Waals surface area contributed by atoms with Crippen molar-refractivity contribution in [1.29, 1.82) is 0 Å². The summed E-state index contributed by atoms with van der Waals surface area (Å²) in [7, 11) is 0. The quantitative estimate of drug-likeness (QED) is 0.507. The molecule has 1 aromatic rings. The summed E-state index contributed by atoms with van der Waals surface area (Å²) in [5.74, 6) is -1.51. The van der Waals surface area contributed by atoms with Crippen molar-refractivity contribution in [2.24, 2.45) is 0 Å². The molecule has 0 saturated carbocycles. The van der Waals surface area contributed by atoms with E-state index in [0.717, 1.165) is 0 Å². The molecule has 1 fully saturated rings. The Labute approximate surface area is 164 Å². The van der Waals surface area contributed by atoms with Gasteiger partial charge >= 0.3 is 12.4 Å². The zero-order valence-electron chi connectivity index (χ0n) is 14.0. The molecule has 2 rings (SSSR count). The van der Waals surface area contributed by atoms with E-state index in [4.69, 9.17) is 0 Å². The van der Waals surface area contributed by atoms with Gasteiger partial charge in [-0.15, -0.1) is 31.4 Å². The second-order valence-electron chi connectivity index (χ2n) is 5.74. The smallest absolute Gasteiger partial charge is 0.314 e. The van der Waals surface area contributed by atoms with Gasteiger partial charge in [-0.3, -0.25) is 4.90 Å². The van der Waals surface area contributed by atoms with E-state index in [9.17, 15) is 30.7 Å². The third-order valence-electron chi connectivity index (χ3n) is 4.08. The SMILES string of the molecule is C=CC[C@@H](c1c(F)cc(C(F)(F)F)cc1C(F)(F)F)N1CCNCC1.Cl.Cl. The zero-order valence-corrected chi connectivity index (χ0v) is 15.6. The number of hydrogen-bond acceptors (Lipinski definition) is 2. The second kappa shape index (κ2) is 9.95. The van der Waals surface area contributed by atoms with E-state index in [0.29, 0.717) is 26.2 Å². The van der Waals surface area contributed by atoms with E-state index in [1.165, 1.54) is 6.08 Å². The van der Waals surface area contributed by atoms with Gasteiger partial charge in [-0.05, 0) is 18.6 Å². The summed E-state index contributed by atoms with van der Waals surface area (Å²) in [6.45, 7) is 5.18. The number of hydrogen-bond donors (Lipinski definition) is 1. The number of benzene rings is 1. The molecule has 1 atom stereocenters. The third kappa shape index (κ3) is 6.23. The Hall–Kier alpha value is -1.03. The number of nitrogens with one attached hydrogen (secondary N) is 1. The standard InChI is InChI=1S/C16H17F7N2.2ClH/c1-2-3-13(25-6-4-24-5-7-25)14-11(16(21,22)23)8-10(9-12(14)17)15(18,19)20;;/h2,8-9,13,24H,1,3-7H2;2*1H/t13-;;/m0../s1. The van der Waals surface area contributed by atoms with Crippen LogP contribution in [-0.4, -0.2) is 31.1 Å². The average Bonchev–Trinajstić information content (AvgIpc) is 2.51. The van der Waals surface area contributed by atoms with Gasteiger partial charge in [0, 0.05) is 37.8 Å². The van der Waals surface area contributed by atoms with Crippen molar-refractivity contribution < 1.29 is 30.7 Å². The summed E-state index contributed by atoms with van der Waals surface area (Å²) in [4.78, 5) is 1.62. The minimum atomic E-state index is -5.11. The van der Waals surface area contributed by atoms with Gasteiger partial charge in [0.15, 0.2) is 0 Å². The van der Waals surface area contributed by atoms with Gasteiger partial charge in [-0.2, -0.15) is 26.3 Å². The average molecular weight is 443 g/mol. The molecule has 1 aliphatic rings. The number of nitrogens with zero attached hydrogens (tertiary/aromatic N) is 1. The summed E-state index contributed by atoms with van der Waals surface area (Å²) >= 11 is 0. The predicted molar refractivity (Wildman–Crippen MR) is 92.9 cm³/mol. The van der Waals surface area contributed by atoms with E-state index in [-0.39, 0.29) is 43.4 Å². The van der Waals surface area contributed by atoms with Crippen molar-refractivity contribution in [3.05, 3.63) is 47.3 Å². The molecule has 0 radical (unpaired) electrons. The minimum absolute atomic E-state index is 0.